The molecule has 0 unspecified atom stereocenters. The maximum atomic E-state index is 13.8. The molecule has 0 bridgehead atoms. The van der Waals surface area contributed by atoms with Crippen LogP contribution in [-0.4, -0.2) is 19.1 Å². The van der Waals surface area contributed by atoms with E-state index in [1.807, 2.05) is 0 Å². The summed E-state index contributed by atoms with van der Waals surface area (Å²) in [6.45, 7) is 0. The van der Waals surface area contributed by atoms with E-state index < -0.39 is 29.3 Å². The third kappa shape index (κ3) is 5.28. The van der Waals surface area contributed by atoms with E-state index in [2.05, 4.69) is 10.6 Å². The van der Waals surface area contributed by atoms with Crippen LogP contribution in [0, 0.1) is 11.6 Å². The number of rotatable bonds is 5. The number of para-hydroxylation sites is 1. The molecule has 2 amide bonds. The van der Waals surface area contributed by atoms with E-state index in [4.69, 9.17) is 16.3 Å². The Hall–Kier alpha value is -3.10. The van der Waals surface area contributed by atoms with Gasteiger partial charge in [-0.1, -0.05) is 29.4 Å². The highest BCUT2D eigenvalue weighted by Gasteiger charge is 2.16. The Morgan fingerprint density at radius 1 is 0.967 bits per heavy atom. The molecule has 0 heterocycles. The average Bonchev–Trinajstić information content (AvgIpc) is 2.73. The molecule has 5 nitrogen and oxygen atoms in total. The molecule has 0 aliphatic rings. The van der Waals surface area contributed by atoms with Gasteiger partial charge >= 0.3 is 12.0 Å². The van der Waals surface area contributed by atoms with E-state index in [-0.39, 0.29) is 11.3 Å². The number of esters is 1. The lowest BCUT2D eigenvalue weighted by molar-refractivity contribution is 0.0600. The number of carbonyl (C=O) groups excluding carboxylic acids is 2. The van der Waals surface area contributed by atoms with Crippen molar-refractivity contribution in [3.8, 4) is 0 Å². The zero-order valence-corrected chi connectivity index (χ0v) is 17.1. The Kier molecular flexibility index (Phi) is 6.91. The Bertz CT molecular complexity index is 1070. The molecule has 0 saturated carbocycles. The summed E-state index contributed by atoms with van der Waals surface area (Å²) in [5.74, 6) is -2.42. The highest BCUT2D eigenvalue weighted by molar-refractivity contribution is 7.99. The number of halogens is 3. The van der Waals surface area contributed by atoms with E-state index in [1.54, 1.807) is 36.4 Å². The maximum absolute atomic E-state index is 13.8. The molecule has 9 heteroatoms. The molecule has 154 valence electrons. The number of nitrogens with one attached hydrogen (secondary N) is 2. The zero-order valence-electron chi connectivity index (χ0n) is 15.5. The van der Waals surface area contributed by atoms with Crippen molar-refractivity contribution >= 4 is 46.7 Å². The summed E-state index contributed by atoms with van der Waals surface area (Å²) < 4.78 is 32.3. The van der Waals surface area contributed by atoms with E-state index in [0.717, 1.165) is 17.0 Å². The lowest BCUT2D eigenvalue weighted by Crippen LogP contribution is -2.21. The maximum Gasteiger partial charge on any atom is 0.337 e. The van der Waals surface area contributed by atoms with Crippen LogP contribution in [0.3, 0.4) is 0 Å². The Morgan fingerprint density at radius 3 is 2.27 bits per heavy atom. The Labute approximate surface area is 180 Å². The fraction of sp³-hybridized carbons (Fsp3) is 0.0476. The van der Waals surface area contributed by atoms with Crippen LogP contribution in [0.15, 0.2) is 70.5 Å². The average molecular weight is 449 g/mol. The van der Waals surface area contributed by atoms with Crippen LogP contribution in [0.2, 0.25) is 5.02 Å². The minimum absolute atomic E-state index is 0.199. The molecule has 0 aliphatic heterocycles. The molecule has 3 aromatic carbocycles. The summed E-state index contributed by atoms with van der Waals surface area (Å²) >= 11 is 7.21. The van der Waals surface area contributed by atoms with Gasteiger partial charge in [0.2, 0.25) is 0 Å². The minimum atomic E-state index is -0.913. The molecule has 3 rings (SSSR count). The fourth-order valence-corrected chi connectivity index (χ4v) is 3.48. The molecule has 30 heavy (non-hydrogen) atoms. The molecule has 0 aliphatic carbocycles. The lowest BCUT2D eigenvalue weighted by Gasteiger charge is -2.14. The van der Waals surface area contributed by atoms with Crippen molar-refractivity contribution in [1.29, 1.82) is 0 Å². The van der Waals surface area contributed by atoms with Crippen LogP contribution in [0.1, 0.15) is 10.4 Å². The molecule has 0 atom stereocenters. The number of hydrogen-bond donors (Lipinski definition) is 2. The number of ether oxygens (including phenoxy) is 1. The molecule has 0 aromatic heterocycles. The van der Waals surface area contributed by atoms with E-state index in [9.17, 15) is 18.4 Å². The van der Waals surface area contributed by atoms with Gasteiger partial charge in [0.05, 0.1) is 18.4 Å². The van der Waals surface area contributed by atoms with Gasteiger partial charge in [0.1, 0.15) is 17.3 Å². The largest absolute Gasteiger partial charge is 0.465 e. The molecule has 0 saturated heterocycles. The number of urea groups is 1. The number of carbonyl (C=O) groups is 2. The number of methoxy groups -OCH3 is 1. The van der Waals surface area contributed by atoms with Crippen molar-refractivity contribution in [2.45, 2.75) is 9.79 Å². The standard InChI is InChI=1S/C21H15ClF2N2O3S/c1-29-20(27)12-5-10-18(30-14-8-6-13(22)7-9-14)17(11-12)25-21(28)26-19-15(23)3-2-4-16(19)24/h2-11H,1H3,(H2,25,26,28). The monoisotopic (exact) mass is 448 g/mol. The number of benzene rings is 3. The highest BCUT2D eigenvalue weighted by Crippen LogP contribution is 2.35. The molecule has 0 fully saturated rings. The number of hydrogen-bond acceptors (Lipinski definition) is 4. The SMILES string of the molecule is COC(=O)c1ccc(Sc2ccc(Cl)cc2)c(NC(=O)Nc2c(F)cccc2F)c1. The summed E-state index contributed by atoms with van der Waals surface area (Å²) in [7, 11) is 1.24. The molecule has 0 spiro atoms. The second-order valence-electron chi connectivity index (χ2n) is 5.93. The lowest BCUT2D eigenvalue weighted by atomic mass is 10.2. The summed E-state index contributed by atoms with van der Waals surface area (Å²) in [6.07, 6.45) is 0. The first-order valence-electron chi connectivity index (χ1n) is 8.55. The third-order valence-electron chi connectivity index (χ3n) is 3.89. The van der Waals surface area contributed by atoms with Gasteiger partial charge in [-0.15, -0.1) is 0 Å². The van der Waals surface area contributed by atoms with Crippen molar-refractivity contribution in [3.63, 3.8) is 0 Å². The van der Waals surface area contributed by atoms with Gasteiger partial charge in [0, 0.05) is 14.8 Å². The molecule has 2 N–H and O–H groups in total. The van der Waals surface area contributed by atoms with Gasteiger partial charge in [-0.25, -0.2) is 18.4 Å². The van der Waals surface area contributed by atoms with E-state index >= 15 is 0 Å². The molecular weight excluding hydrogens is 434 g/mol. The molecular formula is C21H15ClF2N2O3S. The smallest absolute Gasteiger partial charge is 0.337 e. The first-order valence-corrected chi connectivity index (χ1v) is 9.74. The topological polar surface area (TPSA) is 67.4 Å². The van der Waals surface area contributed by atoms with Crippen LogP contribution >= 0.6 is 23.4 Å². The van der Waals surface area contributed by atoms with Gasteiger partial charge in [0.25, 0.3) is 0 Å². The van der Waals surface area contributed by atoms with Gasteiger partial charge in [-0.05, 0) is 54.6 Å². The summed E-state index contributed by atoms with van der Waals surface area (Å²) in [6, 6.07) is 14.0. The van der Waals surface area contributed by atoms with E-state index in [1.165, 1.54) is 31.0 Å². The van der Waals surface area contributed by atoms with Crippen LogP contribution in [0.25, 0.3) is 0 Å². The quantitative estimate of drug-likeness (QED) is 0.456. The van der Waals surface area contributed by atoms with Gasteiger partial charge in [0.15, 0.2) is 0 Å². The van der Waals surface area contributed by atoms with Crippen LogP contribution < -0.4 is 10.6 Å². The first-order chi connectivity index (χ1) is 14.4. The van der Waals surface area contributed by atoms with Crippen molar-refractivity contribution in [3.05, 3.63) is 82.9 Å². The van der Waals surface area contributed by atoms with Gasteiger partial charge in [-0.2, -0.15) is 0 Å². The van der Waals surface area contributed by atoms with Crippen molar-refractivity contribution in [2.75, 3.05) is 17.7 Å². The van der Waals surface area contributed by atoms with E-state index in [0.29, 0.717) is 9.92 Å². The second kappa shape index (κ2) is 9.60. The molecule has 3 aromatic rings. The minimum Gasteiger partial charge on any atom is -0.465 e. The predicted molar refractivity (Wildman–Crippen MR) is 112 cm³/mol. The van der Waals surface area contributed by atoms with Crippen LogP contribution in [-0.2, 0) is 4.74 Å². The Balaban J connectivity index is 1.88. The first kappa shape index (κ1) is 21.6. The van der Waals surface area contributed by atoms with Crippen LogP contribution in [0.5, 0.6) is 0 Å². The van der Waals surface area contributed by atoms with Crippen molar-refractivity contribution < 1.29 is 23.1 Å². The normalized spacial score (nSPS) is 10.4. The number of amides is 2. The summed E-state index contributed by atoms with van der Waals surface area (Å²) in [5.41, 5.74) is -0.122. The zero-order chi connectivity index (χ0) is 21.7. The highest BCUT2D eigenvalue weighted by atomic mass is 35.5. The molecule has 0 radical (unpaired) electrons. The van der Waals surface area contributed by atoms with Gasteiger partial charge in [-0.3, -0.25) is 0 Å². The Morgan fingerprint density at radius 2 is 1.63 bits per heavy atom. The fourth-order valence-electron chi connectivity index (χ4n) is 2.48. The van der Waals surface area contributed by atoms with Crippen molar-refractivity contribution in [2.24, 2.45) is 0 Å². The second-order valence-corrected chi connectivity index (χ2v) is 7.49. The van der Waals surface area contributed by atoms with Crippen molar-refractivity contribution in [1.82, 2.24) is 0 Å². The van der Waals surface area contributed by atoms with Gasteiger partial charge < -0.3 is 15.4 Å². The predicted octanol–water partition coefficient (Wildman–Crippen LogP) is 6.20. The number of anilines is 2. The summed E-state index contributed by atoms with van der Waals surface area (Å²) in [4.78, 5) is 25.7. The third-order valence-corrected chi connectivity index (χ3v) is 5.23. The summed E-state index contributed by atoms with van der Waals surface area (Å²) in [5, 5.41) is 5.25. The van der Waals surface area contributed by atoms with Crippen LogP contribution in [0.4, 0.5) is 25.0 Å².